The minimum absolute atomic E-state index is 0.0986. The average molecular weight is 424 g/mol. The van der Waals surface area contributed by atoms with E-state index in [1.165, 1.54) is 40.2 Å². The molecule has 0 aliphatic carbocycles. The number of hydrogen-bond donors (Lipinski definition) is 2. The first-order chi connectivity index (χ1) is 14.5. The Morgan fingerprint density at radius 2 is 1.83 bits per heavy atom. The molecule has 2 N–H and O–H groups in total. The lowest BCUT2D eigenvalue weighted by atomic mass is 9.99. The number of hydrogen-bond acceptors (Lipinski definition) is 6. The number of ether oxygens (including phenoxy) is 1. The molecule has 0 fully saturated rings. The molecule has 0 amide bonds. The summed E-state index contributed by atoms with van der Waals surface area (Å²) < 4.78 is 20.2. The van der Waals surface area contributed by atoms with E-state index in [0.29, 0.717) is 28.6 Å². The second kappa shape index (κ2) is 8.00. The molecule has 0 bridgehead atoms. The quantitative estimate of drug-likeness (QED) is 0.435. The van der Waals surface area contributed by atoms with Crippen molar-refractivity contribution in [2.45, 2.75) is 6.92 Å². The second-order valence-corrected chi connectivity index (χ2v) is 7.21. The summed E-state index contributed by atoms with van der Waals surface area (Å²) >= 11 is 1.22. The third-order valence-electron chi connectivity index (χ3n) is 4.50. The fourth-order valence-corrected chi connectivity index (χ4v) is 3.82. The van der Waals surface area contributed by atoms with E-state index in [-0.39, 0.29) is 11.3 Å². The van der Waals surface area contributed by atoms with Gasteiger partial charge in [0.15, 0.2) is 16.7 Å². The van der Waals surface area contributed by atoms with Crippen LogP contribution in [0.5, 0.6) is 17.4 Å². The van der Waals surface area contributed by atoms with Gasteiger partial charge in [-0.25, -0.2) is 9.37 Å². The van der Waals surface area contributed by atoms with E-state index < -0.39 is 23.2 Å². The zero-order valence-electron chi connectivity index (χ0n) is 15.9. The third-order valence-corrected chi connectivity index (χ3v) is 5.26. The summed E-state index contributed by atoms with van der Waals surface area (Å²) in [6, 6.07) is 11.9. The summed E-state index contributed by atoms with van der Waals surface area (Å²) in [5.74, 6) is -1.42. The molecular weight excluding hydrogens is 407 g/mol. The van der Waals surface area contributed by atoms with E-state index in [1.54, 1.807) is 35.8 Å². The lowest BCUT2D eigenvalue weighted by Gasteiger charge is -2.10. The average Bonchev–Trinajstić information content (AvgIpc) is 3.36. The lowest BCUT2D eigenvalue weighted by molar-refractivity contribution is 0.103. The number of ketones is 1. The molecule has 152 valence electrons. The van der Waals surface area contributed by atoms with Crippen LogP contribution in [-0.2, 0) is 0 Å². The maximum absolute atomic E-state index is 13.5. The summed E-state index contributed by atoms with van der Waals surface area (Å²) in [6.45, 7) is 2.35. The van der Waals surface area contributed by atoms with Gasteiger partial charge in [0.05, 0.1) is 17.9 Å². The van der Waals surface area contributed by atoms with Crippen LogP contribution in [0.15, 0.2) is 60.1 Å². The Labute approximate surface area is 175 Å². The Morgan fingerprint density at radius 3 is 2.43 bits per heavy atom. The Balaban J connectivity index is 1.91. The van der Waals surface area contributed by atoms with E-state index in [1.807, 2.05) is 6.92 Å². The molecule has 30 heavy (non-hydrogen) atoms. The minimum Gasteiger partial charge on any atom is -0.503 e. The Kier molecular flexibility index (Phi) is 5.24. The smallest absolute Gasteiger partial charge is 0.242 e. The van der Waals surface area contributed by atoms with Gasteiger partial charge in [-0.2, -0.15) is 0 Å². The van der Waals surface area contributed by atoms with Crippen LogP contribution in [0.25, 0.3) is 16.4 Å². The number of nitrogens with zero attached hydrogens (tertiary/aromatic N) is 2. The second-order valence-electron chi connectivity index (χ2n) is 6.34. The van der Waals surface area contributed by atoms with Crippen molar-refractivity contribution in [1.82, 2.24) is 9.55 Å². The van der Waals surface area contributed by atoms with Crippen LogP contribution in [0.1, 0.15) is 22.8 Å². The standard InChI is InChI=1S/C22H17FN2O4S/c1-2-29-16-9-5-14(6-10-16)19(26)17-18(13-3-7-15(23)8-4-13)25(21(28)20(17)27)22-24-11-12-30-22/h3-12,27-28H,2H2,1H3. The maximum atomic E-state index is 13.5. The van der Waals surface area contributed by atoms with Gasteiger partial charge in [-0.1, -0.05) is 0 Å². The molecule has 0 unspecified atom stereocenters. The molecule has 0 saturated carbocycles. The van der Waals surface area contributed by atoms with Crippen molar-refractivity contribution in [2.75, 3.05) is 6.61 Å². The Morgan fingerprint density at radius 1 is 1.13 bits per heavy atom. The maximum Gasteiger partial charge on any atom is 0.242 e. The summed E-state index contributed by atoms with van der Waals surface area (Å²) in [5.41, 5.74) is 0.863. The number of benzene rings is 2. The highest BCUT2D eigenvalue weighted by molar-refractivity contribution is 7.12. The van der Waals surface area contributed by atoms with Crippen LogP contribution in [0.4, 0.5) is 4.39 Å². The van der Waals surface area contributed by atoms with Gasteiger partial charge in [0.25, 0.3) is 0 Å². The summed E-state index contributed by atoms with van der Waals surface area (Å²) in [6.07, 6.45) is 1.54. The van der Waals surface area contributed by atoms with Crippen molar-refractivity contribution in [3.05, 3.63) is 77.1 Å². The van der Waals surface area contributed by atoms with Gasteiger partial charge in [0, 0.05) is 17.1 Å². The van der Waals surface area contributed by atoms with E-state index >= 15 is 0 Å². The van der Waals surface area contributed by atoms with Gasteiger partial charge in [-0.15, -0.1) is 11.3 Å². The summed E-state index contributed by atoms with van der Waals surface area (Å²) in [7, 11) is 0. The molecule has 0 spiro atoms. The number of carbonyl (C=O) groups is 1. The zero-order valence-corrected chi connectivity index (χ0v) is 16.7. The lowest BCUT2D eigenvalue weighted by Crippen LogP contribution is -2.05. The summed E-state index contributed by atoms with van der Waals surface area (Å²) in [5, 5.41) is 23.4. The normalized spacial score (nSPS) is 10.9. The van der Waals surface area contributed by atoms with Crippen molar-refractivity contribution in [1.29, 1.82) is 0 Å². The Hall–Kier alpha value is -3.65. The van der Waals surface area contributed by atoms with Gasteiger partial charge < -0.3 is 14.9 Å². The molecule has 2 aromatic carbocycles. The first kappa shape index (κ1) is 19.7. The molecule has 0 aliphatic heterocycles. The molecule has 0 radical (unpaired) electrons. The number of aromatic hydroxyl groups is 2. The predicted molar refractivity (Wildman–Crippen MR) is 111 cm³/mol. The molecule has 2 aromatic heterocycles. The first-order valence-corrected chi connectivity index (χ1v) is 9.99. The van der Waals surface area contributed by atoms with Crippen LogP contribution in [-0.4, -0.2) is 32.2 Å². The summed E-state index contributed by atoms with van der Waals surface area (Å²) in [4.78, 5) is 17.5. The van der Waals surface area contributed by atoms with Gasteiger partial charge in [0.1, 0.15) is 11.6 Å². The van der Waals surface area contributed by atoms with Gasteiger partial charge in [0.2, 0.25) is 5.88 Å². The van der Waals surface area contributed by atoms with E-state index in [4.69, 9.17) is 4.74 Å². The fraction of sp³-hybridized carbons (Fsp3) is 0.0909. The highest BCUT2D eigenvalue weighted by atomic mass is 32.1. The van der Waals surface area contributed by atoms with Crippen LogP contribution >= 0.6 is 11.3 Å². The van der Waals surface area contributed by atoms with Crippen LogP contribution in [0.2, 0.25) is 0 Å². The highest BCUT2D eigenvalue weighted by Crippen LogP contribution is 2.44. The molecule has 4 rings (SSSR count). The molecule has 0 aliphatic rings. The third kappa shape index (κ3) is 3.42. The topological polar surface area (TPSA) is 84.6 Å². The molecule has 4 aromatic rings. The molecule has 8 heteroatoms. The highest BCUT2D eigenvalue weighted by Gasteiger charge is 2.30. The number of thiazole rings is 1. The zero-order chi connectivity index (χ0) is 21.3. The van der Waals surface area contributed by atoms with E-state index in [9.17, 15) is 19.4 Å². The van der Waals surface area contributed by atoms with Crippen LogP contribution < -0.4 is 4.74 Å². The molecule has 2 heterocycles. The SMILES string of the molecule is CCOc1ccc(C(=O)c2c(O)c(O)n(-c3nccs3)c2-c2ccc(F)cc2)cc1. The molecule has 0 atom stereocenters. The molecule has 6 nitrogen and oxygen atoms in total. The van der Waals surface area contributed by atoms with Crippen molar-refractivity contribution >= 4 is 17.1 Å². The first-order valence-electron chi connectivity index (χ1n) is 9.11. The number of halogens is 1. The Bertz CT molecular complexity index is 1180. The number of aromatic nitrogens is 2. The van der Waals surface area contributed by atoms with E-state index in [0.717, 1.165) is 0 Å². The molecule has 0 saturated heterocycles. The monoisotopic (exact) mass is 424 g/mol. The van der Waals surface area contributed by atoms with Crippen LogP contribution in [0, 0.1) is 5.82 Å². The van der Waals surface area contributed by atoms with Gasteiger partial charge >= 0.3 is 0 Å². The predicted octanol–water partition coefficient (Wildman–Crippen LogP) is 4.78. The fourth-order valence-electron chi connectivity index (χ4n) is 3.17. The van der Waals surface area contributed by atoms with Crippen molar-refractivity contribution < 1.29 is 24.1 Å². The van der Waals surface area contributed by atoms with Gasteiger partial charge in [-0.05, 0) is 61.0 Å². The minimum atomic E-state index is -0.566. The van der Waals surface area contributed by atoms with Crippen molar-refractivity contribution in [3.63, 3.8) is 0 Å². The number of rotatable bonds is 6. The largest absolute Gasteiger partial charge is 0.503 e. The van der Waals surface area contributed by atoms with Crippen molar-refractivity contribution in [2.24, 2.45) is 0 Å². The van der Waals surface area contributed by atoms with Crippen molar-refractivity contribution in [3.8, 4) is 33.8 Å². The van der Waals surface area contributed by atoms with E-state index in [2.05, 4.69) is 4.98 Å². The van der Waals surface area contributed by atoms with Crippen LogP contribution in [0.3, 0.4) is 0 Å². The molecular formula is C22H17FN2O4S. The van der Waals surface area contributed by atoms with Gasteiger partial charge in [-0.3, -0.25) is 9.36 Å². The number of carbonyl (C=O) groups excluding carboxylic acids is 1.